The topological polar surface area (TPSA) is 32.6 Å². The highest BCUT2D eigenvalue weighted by atomic mass is 35.5. The summed E-state index contributed by atoms with van der Waals surface area (Å²) in [5.41, 5.74) is 1.58. The van der Waals surface area contributed by atoms with E-state index in [-0.39, 0.29) is 5.92 Å². The van der Waals surface area contributed by atoms with Gasteiger partial charge in [0, 0.05) is 5.02 Å². The quantitative estimate of drug-likeness (QED) is 0.441. The van der Waals surface area contributed by atoms with Gasteiger partial charge in [0.05, 0.1) is 5.71 Å². The lowest BCUT2D eigenvalue weighted by molar-refractivity contribution is 0.316. The molecule has 1 aromatic carbocycles. The molecule has 0 unspecified atom stereocenters. The largest absolute Gasteiger partial charge is 0.411 e. The molecular weight excluding hydrogens is 186 g/mol. The van der Waals surface area contributed by atoms with E-state index in [0.29, 0.717) is 10.7 Å². The molecule has 0 amide bonds. The monoisotopic (exact) mass is 197 g/mol. The lowest BCUT2D eigenvalue weighted by atomic mass is 10.0. The minimum Gasteiger partial charge on any atom is -0.411 e. The van der Waals surface area contributed by atoms with E-state index in [4.69, 9.17) is 16.8 Å². The second kappa shape index (κ2) is 4.28. The Bertz CT molecular complexity index is 303. The number of benzene rings is 1. The highest BCUT2D eigenvalue weighted by molar-refractivity contribution is 6.30. The summed E-state index contributed by atoms with van der Waals surface area (Å²) in [4.78, 5) is 0. The maximum absolute atomic E-state index is 8.77. The summed E-state index contributed by atoms with van der Waals surface area (Å²) in [5, 5.41) is 12.7. The molecule has 70 valence electrons. The Morgan fingerprint density at radius 3 is 2.23 bits per heavy atom. The van der Waals surface area contributed by atoms with Crippen molar-refractivity contribution in [3.63, 3.8) is 0 Å². The SMILES string of the molecule is CC(C)/C(=N\O)c1ccc(Cl)cc1. The van der Waals surface area contributed by atoms with Gasteiger partial charge in [-0.25, -0.2) is 0 Å². The first-order valence-electron chi connectivity index (χ1n) is 4.13. The van der Waals surface area contributed by atoms with Gasteiger partial charge in [0.25, 0.3) is 0 Å². The maximum Gasteiger partial charge on any atom is 0.0893 e. The number of hydrogen-bond donors (Lipinski definition) is 1. The Morgan fingerprint density at radius 2 is 1.85 bits per heavy atom. The van der Waals surface area contributed by atoms with Gasteiger partial charge in [0.1, 0.15) is 0 Å². The second-order valence-corrected chi connectivity index (χ2v) is 3.58. The van der Waals surface area contributed by atoms with Crippen LogP contribution >= 0.6 is 11.6 Å². The molecule has 0 radical (unpaired) electrons. The second-order valence-electron chi connectivity index (χ2n) is 3.15. The van der Waals surface area contributed by atoms with E-state index in [1.54, 1.807) is 12.1 Å². The van der Waals surface area contributed by atoms with Crippen LogP contribution in [0.5, 0.6) is 0 Å². The van der Waals surface area contributed by atoms with E-state index in [2.05, 4.69) is 5.16 Å². The van der Waals surface area contributed by atoms with Crippen LogP contribution in [0, 0.1) is 5.92 Å². The molecule has 1 N–H and O–H groups in total. The molecule has 0 spiro atoms. The van der Waals surface area contributed by atoms with Crippen molar-refractivity contribution in [1.82, 2.24) is 0 Å². The molecule has 1 aromatic rings. The van der Waals surface area contributed by atoms with Gasteiger partial charge in [-0.2, -0.15) is 0 Å². The van der Waals surface area contributed by atoms with Crippen LogP contribution in [-0.4, -0.2) is 10.9 Å². The smallest absolute Gasteiger partial charge is 0.0893 e. The van der Waals surface area contributed by atoms with Crippen molar-refractivity contribution in [2.75, 3.05) is 0 Å². The first-order valence-corrected chi connectivity index (χ1v) is 4.51. The van der Waals surface area contributed by atoms with Gasteiger partial charge in [-0.1, -0.05) is 42.7 Å². The molecule has 1 rings (SSSR count). The highest BCUT2D eigenvalue weighted by Gasteiger charge is 2.08. The Kier molecular flexibility index (Phi) is 3.32. The Hall–Kier alpha value is -1.02. The van der Waals surface area contributed by atoms with Gasteiger partial charge in [-0.15, -0.1) is 0 Å². The minimum absolute atomic E-state index is 0.200. The van der Waals surface area contributed by atoms with Crippen LogP contribution in [0.1, 0.15) is 19.4 Å². The Balaban J connectivity index is 3.00. The van der Waals surface area contributed by atoms with Gasteiger partial charge < -0.3 is 5.21 Å². The highest BCUT2D eigenvalue weighted by Crippen LogP contribution is 2.13. The summed E-state index contributed by atoms with van der Waals surface area (Å²) < 4.78 is 0. The molecule has 3 heteroatoms. The van der Waals surface area contributed by atoms with Crippen molar-refractivity contribution in [2.24, 2.45) is 11.1 Å². The number of oxime groups is 1. The molecule has 0 heterocycles. The minimum atomic E-state index is 0.200. The zero-order valence-corrected chi connectivity index (χ0v) is 8.42. The molecule has 0 bridgehead atoms. The van der Waals surface area contributed by atoms with E-state index >= 15 is 0 Å². The van der Waals surface area contributed by atoms with E-state index in [1.165, 1.54) is 0 Å². The fraction of sp³-hybridized carbons (Fsp3) is 0.300. The summed E-state index contributed by atoms with van der Waals surface area (Å²) >= 11 is 5.74. The van der Waals surface area contributed by atoms with E-state index in [9.17, 15) is 0 Å². The molecule has 0 aliphatic rings. The van der Waals surface area contributed by atoms with Gasteiger partial charge in [-0.3, -0.25) is 0 Å². The molecule has 2 nitrogen and oxygen atoms in total. The Morgan fingerprint density at radius 1 is 1.31 bits per heavy atom. The predicted molar refractivity (Wildman–Crippen MR) is 54.6 cm³/mol. The van der Waals surface area contributed by atoms with E-state index in [0.717, 1.165) is 5.56 Å². The van der Waals surface area contributed by atoms with Crippen molar-refractivity contribution < 1.29 is 5.21 Å². The molecule has 0 aliphatic heterocycles. The molecule has 0 atom stereocenters. The first kappa shape index (κ1) is 10.1. The van der Waals surface area contributed by atoms with Gasteiger partial charge in [-0.05, 0) is 23.6 Å². The zero-order chi connectivity index (χ0) is 9.84. The summed E-state index contributed by atoms with van der Waals surface area (Å²) in [5.74, 6) is 0.200. The van der Waals surface area contributed by atoms with Crippen LogP contribution in [0.2, 0.25) is 5.02 Å². The number of halogens is 1. The third kappa shape index (κ3) is 2.46. The van der Waals surface area contributed by atoms with E-state index < -0.39 is 0 Å². The predicted octanol–water partition coefficient (Wildman–Crippen LogP) is 3.17. The van der Waals surface area contributed by atoms with E-state index in [1.807, 2.05) is 26.0 Å². The molecular formula is C10H12ClNO. The summed E-state index contributed by atoms with van der Waals surface area (Å²) in [6.07, 6.45) is 0. The van der Waals surface area contributed by atoms with Gasteiger partial charge >= 0.3 is 0 Å². The van der Waals surface area contributed by atoms with Crippen LogP contribution in [0.15, 0.2) is 29.4 Å². The standard InChI is InChI=1S/C10H12ClNO/c1-7(2)10(12-13)8-3-5-9(11)6-4-8/h3-7,13H,1-2H3/b12-10+. The lowest BCUT2D eigenvalue weighted by Gasteiger charge is -2.07. The number of hydrogen-bond acceptors (Lipinski definition) is 2. The van der Waals surface area contributed by atoms with Crippen LogP contribution < -0.4 is 0 Å². The molecule has 0 aromatic heterocycles. The number of rotatable bonds is 2. The average Bonchev–Trinajstić information content (AvgIpc) is 2.09. The molecule has 0 saturated carbocycles. The van der Waals surface area contributed by atoms with Crippen LogP contribution in [-0.2, 0) is 0 Å². The number of nitrogens with zero attached hydrogens (tertiary/aromatic N) is 1. The molecule has 0 saturated heterocycles. The van der Waals surface area contributed by atoms with Crippen LogP contribution in [0.25, 0.3) is 0 Å². The Labute approximate surface area is 82.8 Å². The third-order valence-corrected chi connectivity index (χ3v) is 2.05. The lowest BCUT2D eigenvalue weighted by Crippen LogP contribution is -2.08. The fourth-order valence-corrected chi connectivity index (χ4v) is 1.25. The van der Waals surface area contributed by atoms with Crippen molar-refractivity contribution in [3.05, 3.63) is 34.9 Å². The van der Waals surface area contributed by atoms with Crippen molar-refractivity contribution >= 4 is 17.3 Å². The zero-order valence-electron chi connectivity index (χ0n) is 7.66. The van der Waals surface area contributed by atoms with Crippen LogP contribution in [0.3, 0.4) is 0 Å². The van der Waals surface area contributed by atoms with Crippen molar-refractivity contribution in [2.45, 2.75) is 13.8 Å². The van der Waals surface area contributed by atoms with Gasteiger partial charge in [0.15, 0.2) is 0 Å². The summed E-state index contributed by atoms with van der Waals surface area (Å²) in [6.45, 7) is 3.95. The first-order chi connectivity index (χ1) is 6.15. The average molecular weight is 198 g/mol. The molecule has 0 fully saturated rings. The maximum atomic E-state index is 8.77. The van der Waals surface area contributed by atoms with Crippen LogP contribution in [0.4, 0.5) is 0 Å². The van der Waals surface area contributed by atoms with Gasteiger partial charge in [0.2, 0.25) is 0 Å². The summed E-state index contributed by atoms with van der Waals surface area (Å²) in [7, 11) is 0. The van der Waals surface area contributed by atoms with Crippen molar-refractivity contribution in [3.8, 4) is 0 Å². The third-order valence-electron chi connectivity index (χ3n) is 1.79. The fourth-order valence-electron chi connectivity index (χ4n) is 1.13. The van der Waals surface area contributed by atoms with Crippen molar-refractivity contribution in [1.29, 1.82) is 0 Å². The normalized spacial score (nSPS) is 12.2. The summed E-state index contributed by atoms with van der Waals surface area (Å²) in [6, 6.07) is 7.25. The molecule has 0 aliphatic carbocycles. The molecule has 13 heavy (non-hydrogen) atoms.